The van der Waals surface area contributed by atoms with Crippen molar-refractivity contribution in [3.63, 3.8) is 0 Å². The first-order valence-corrected chi connectivity index (χ1v) is 7.45. The monoisotopic (exact) mass is 310 g/mol. The van der Waals surface area contributed by atoms with Gasteiger partial charge in [0, 0.05) is 0 Å². The largest absolute Gasteiger partial charge is 0.480 e. The van der Waals surface area contributed by atoms with E-state index in [0.717, 1.165) is 11.8 Å². The molecule has 1 fully saturated rings. The Morgan fingerprint density at radius 2 is 1.90 bits per heavy atom. The van der Waals surface area contributed by atoms with E-state index in [9.17, 15) is 20.1 Å². The van der Waals surface area contributed by atoms with Crippen molar-refractivity contribution >= 4 is 17.7 Å². The Bertz CT molecular complexity index is 327. The molecule has 0 aromatic heterocycles. The van der Waals surface area contributed by atoms with Crippen molar-refractivity contribution in [2.24, 2.45) is 0 Å². The third kappa shape index (κ3) is 4.31. The number of aliphatic hydroxyl groups excluding tert-OH is 3. The number of aliphatic hydroxyl groups is 3. The molecule has 8 heteroatoms. The molecule has 1 aliphatic heterocycles. The van der Waals surface area contributed by atoms with Gasteiger partial charge in [0.2, 0.25) is 0 Å². The van der Waals surface area contributed by atoms with Crippen molar-refractivity contribution in [1.29, 1.82) is 0 Å². The van der Waals surface area contributed by atoms with Crippen LogP contribution in [0.3, 0.4) is 0 Å². The Morgan fingerprint density at radius 3 is 2.40 bits per heavy atom. The van der Waals surface area contributed by atoms with Gasteiger partial charge in [0.05, 0.1) is 6.10 Å². The highest BCUT2D eigenvalue weighted by atomic mass is 32.2. The molecule has 7 atom stereocenters. The van der Waals surface area contributed by atoms with E-state index in [1.54, 1.807) is 13.8 Å². The molecule has 1 aliphatic rings. The van der Waals surface area contributed by atoms with Gasteiger partial charge in [-0.05, 0) is 20.3 Å². The second-order valence-electron chi connectivity index (χ2n) is 4.77. The minimum absolute atomic E-state index is 0.490. The fraction of sp³-hybridized carbons (Fsp3) is 0.917. The summed E-state index contributed by atoms with van der Waals surface area (Å²) in [5.74, 6) is -0.953. The predicted octanol–water partition coefficient (Wildman–Crippen LogP) is -0.227. The Hall–Kier alpha value is -0.380. The number of hydrogen-bond donors (Lipinski definition) is 4. The Kier molecular flexibility index (Phi) is 6.70. The molecule has 0 radical (unpaired) electrons. The quantitative estimate of drug-likeness (QED) is 0.497. The predicted molar refractivity (Wildman–Crippen MR) is 72.2 cm³/mol. The van der Waals surface area contributed by atoms with Gasteiger partial charge >= 0.3 is 5.97 Å². The van der Waals surface area contributed by atoms with Crippen LogP contribution in [0, 0.1) is 0 Å². The summed E-state index contributed by atoms with van der Waals surface area (Å²) < 4.78 is 10.8. The second-order valence-corrected chi connectivity index (χ2v) is 6.28. The molecule has 0 bridgehead atoms. The lowest BCUT2D eigenvalue weighted by Gasteiger charge is -2.40. The zero-order valence-corrected chi connectivity index (χ0v) is 12.5. The molecule has 118 valence electrons. The lowest BCUT2D eigenvalue weighted by atomic mass is 10.0. The molecule has 0 aromatic carbocycles. The summed E-state index contributed by atoms with van der Waals surface area (Å²) in [6.07, 6.45) is -5.18. The first-order valence-electron chi connectivity index (χ1n) is 6.51. The van der Waals surface area contributed by atoms with E-state index >= 15 is 0 Å². The maximum Gasteiger partial charge on any atom is 0.316 e. The molecule has 7 nitrogen and oxygen atoms in total. The van der Waals surface area contributed by atoms with Gasteiger partial charge in [-0.3, -0.25) is 4.79 Å². The van der Waals surface area contributed by atoms with Crippen LogP contribution in [-0.4, -0.2) is 67.8 Å². The van der Waals surface area contributed by atoms with Gasteiger partial charge in [0.25, 0.3) is 0 Å². The fourth-order valence-electron chi connectivity index (χ4n) is 1.79. The first-order chi connectivity index (χ1) is 9.27. The van der Waals surface area contributed by atoms with Crippen molar-refractivity contribution in [3.05, 3.63) is 0 Å². The van der Waals surface area contributed by atoms with Gasteiger partial charge in [0.1, 0.15) is 29.0 Å². The smallest absolute Gasteiger partial charge is 0.316 e. The van der Waals surface area contributed by atoms with Crippen molar-refractivity contribution in [2.75, 3.05) is 0 Å². The van der Waals surface area contributed by atoms with E-state index in [-0.39, 0.29) is 0 Å². The van der Waals surface area contributed by atoms with E-state index in [2.05, 4.69) is 0 Å². The van der Waals surface area contributed by atoms with Crippen molar-refractivity contribution in [3.8, 4) is 0 Å². The second kappa shape index (κ2) is 7.58. The number of aliphatic carboxylic acids is 1. The normalized spacial score (nSPS) is 37.4. The van der Waals surface area contributed by atoms with Gasteiger partial charge in [0.15, 0.2) is 6.29 Å². The van der Waals surface area contributed by atoms with E-state index in [4.69, 9.17) is 14.6 Å². The maximum atomic E-state index is 10.8. The molecule has 3 unspecified atom stereocenters. The minimum Gasteiger partial charge on any atom is -0.480 e. The number of carboxylic acids is 1. The summed E-state index contributed by atoms with van der Waals surface area (Å²) in [4.78, 5) is 10.8. The molecule has 0 spiro atoms. The van der Waals surface area contributed by atoms with Gasteiger partial charge in [-0.2, -0.15) is 0 Å². The van der Waals surface area contributed by atoms with Gasteiger partial charge < -0.3 is 29.9 Å². The Balaban J connectivity index is 2.62. The summed E-state index contributed by atoms with van der Waals surface area (Å²) in [5.41, 5.74) is -0.490. The average Bonchev–Trinajstić information content (AvgIpc) is 2.41. The highest BCUT2D eigenvalue weighted by Gasteiger charge is 2.43. The molecular formula is C12H22O7S. The van der Waals surface area contributed by atoms with Crippen LogP contribution in [0.1, 0.15) is 27.2 Å². The zero-order valence-electron chi connectivity index (χ0n) is 11.7. The summed E-state index contributed by atoms with van der Waals surface area (Å²) in [5, 5.41) is 37.3. The molecule has 0 aliphatic carbocycles. The van der Waals surface area contributed by atoms with Crippen LogP contribution in [0.4, 0.5) is 0 Å². The minimum atomic E-state index is -1.38. The van der Waals surface area contributed by atoms with Crippen molar-refractivity contribution in [2.45, 2.75) is 68.6 Å². The lowest BCUT2D eigenvalue weighted by Crippen LogP contribution is -2.57. The van der Waals surface area contributed by atoms with Gasteiger partial charge in [-0.25, -0.2) is 0 Å². The van der Waals surface area contributed by atoms with Gasteiger partial charge in [-0.15, -0.1) is 11.8 Å². The molecule has 4 N–H and O–H groups in total. The standard InChI is InChI=1S/C12H22O7S/c1-4-7(20-6(3)11(16)17)19-12-10(15)9(14)8(13)5(2)18-12/h5-10,12-15H,4H2,1-3H3,(H,16,17)/t5-,6?,7?,8+,9+,10-,12?/m1/s1. The summed E-state index contributed by atoms with van der Waals surface area (Å²) in [6, 6.07) is 0. The molecule has 0 aromatic rings. The van der Waals surface area contributed by atoms with Gasteiger partial charge in [-0.1, -0.05) is 6.92 Å². The van der Waals surface area contributed by atoms with E-state index < -0.39 is 47.4 Å². The van der Waals surface area contributed by atoms with E-state index in [0.29, 0.717) is 6.42 Å². The topological polar surface area (TPSA) is 116 Å². The van der Waals surface area contributed by atoms with Crippen LogP contribution in [0.2, 0.25) is 0 Å². The average molecular weight is 310 g/mol. The SMILES string of the molecule is CCC(OC1O[C@H](C)[C@H](O)[C@H](O)[C@H]1O)SC(C)C(=O)O. The maximum absolute atomic E-state index is 10.8. The summed E-state index contributed by atoms with van der Waals surface area (Å²) in [6.45, 7) is 4.92. The molecule has 20 heavy (non-hydrogen) atoms. The highest BCUT2D eigenvalue weighted by Crippen LogP contribution is 2.28. The fourth-order valence-corrected chi connectivity index (χ4v) is 2.72. The van der Waals surface area contributed by atoms with E-state index in [1.165, 1.54) is 0 Å². The molecular weight excluding hydrogens is 288 g/mol. The van der Waals surface area contributed by atoms with Crippen LogP contribution in [0.25, 0.3) is 0 Å². The number of carboxylic acid groups (broad SMARTS) is 1. The van der Waals surface area contributed by atoms with Crippen molar-refractivity contribution < 1.29 is 34.7 Å². The number of hydrogen-bond acceptors (Lipinski definition) is 7. The third-order valence-electron chi connectivity index (χ3n) is 3.13. The Morgan fingerprint density at radius 1 is 1.30 bits per heavy atom. The summed E-state index contributed by atoms with van der Waals surface area (Å²) >= 11 is 1.09. The van der Waals surface area contributed by atoms with Crippen LogP contribution in [0.5, 0.6) is 0 Å². The lowest BCUT2D eigenvalue weighted by molar-refractivity contribution is -0.296. The number of rotatable bonds is 6. The molecule has 1 heterocycles. The van der Waals surface area contributed by atoms with Crippen LogP contribution >= 0.6 is 11.8 Å². The van der Waals surface area contributed by atoms with Crippen LogP contribution in [-0.2, 0) is 14.3 Å². The van der Waals surface area contributed by atoms with Crippen molar-refractivity contribution in [1.82, 2.24) is 0 Å². The van der Waals surface area contributed by atoms with Crippen LogP contribution < -0.4 is 0 Å². The Labute approximate surface area is 121 Å². The van der Waals surface area contributed by atoms with Crippen LogP contribution in [0.15, 0.2) is 0 Å². The highest BCUT2D eigenvalue weighted by molar-refractivity contribution is 8.01. The molecule has 0 saturated carbocycles. The van der Waals surface area contributed by atoms with E-state index in [1.807, 2.05) is 6.92 Å². The first kappa shape index (κ1) is 17.7. The molecule has 0 amide bonds. The molecule has 1 rings (SSSR count). The number of carbonyl (C=O) groups is 1. The number of ether oxygens (including phenoxy) is 2. The summed E-state index contributed by atoms with van der Waals surface area (Å²) in [7, 11) is 0. The molecule has 1 saturated heterocycles. The zero-order chi connectivity index (χ0) is 15.4. The number of thioether (sulfide) groups is 1. The third-order valence-corrected chi connectivity index (χ3v) is 4.49.